The van der Waals surface area contributed by atoms with Crippen LogP contribution in [0.1, 0.15) is 42.5 Å². The number of carbonyl (C=O) groups excluding carboxylic acids is 4. The third-order valence-corrected chi connectivity index (χ3v) is 11.7. The quantitative estimate of drug-likeness (QED) is 0.102. The van der Waals surface area contributed by atoms with Gasteiger partial charge < -0.3 is 39.2 Å². The molecule has 6 rings (SSSR count). The number of fused-ring (bicyclic) bond motifs is 1. The minimum atomic E-state index is -1.47. The van der Waals surface area contributed by atoms with E-state index in [0.717, 1.165) is 0 Å². The van der Waals surface area contributed by atoms with E-state index in [1.165, 1.54) is 16.9 Å². The number of likely N-dealkylation sites (tertiary alicyclic amines) is 1. The normalized spacial score (nSPS) is 25.1. The van der Waals surface area contributed by atoms with Gasteiger partial charge in [0.15, 0.2) is 0 Å². The van der Waals surface area contributed by atoms with Crippen LogP contribution < -0.4 is 15.0 Å². The van der Waals surface area contributed by atoms with Crippen molar-refractivity contribution in [2.75, 3.05) is 38.9 Å². The van der Waals surface area contributed by atoms with Gasteiger partial charge in [-0.3, -0.25) is 19.2 Å². The summed E-state index contributed by atoms with van der Waals surface area (Å²) in [6, 6.07) is 22.0. The van der Waals surface area contributed by atoms with Gasteiger partial charge in [-0.25, -0.2) is 0 Å². The number of amides is 3. The Morgan fingerprint density at radius 2 is 1.68 bits per heavy atom. The van der Waals surface area contributed by atoms with Gasteiger partial charge in [0, 0.05) is 30.6 Å². The number of hydrogen-bond donors (Lipinski definition) is 2. The molecule has 0 aromatic heterocycles. The van der Waals surface area contributed by atoms with Crippen molar-refractivity contribution in [2.45, 2.75) is 60.0 Å². The average molecular weight is 831 g/mol. The Kier molecular flexibility index (Phi) is 13.1. The number of ether oxygens (including phenoxy) is 4. The van der Waals surface area contributed by atoms with Crippen LogP contribution in [0.3, 0.4) is 0 Å². The summed E-state index contributed by atoms with van der Waals surface area (Å²) >= 11 is 3.75. The van der Waals surface area contributed by atoms with E-state index in [9.17, 15) is 14.7 Å². The molecule has 296 valence electrons. The number of nitrogens with zero attached hydrogens (tertiary/aromatic N) is 2. The van der Waals surface area contributed by atoms with Crippen LogP contribution in [0.5, 0.6) is 5.75 Å². The number of esters is 1. The number of aliphatic hydroxyl groups is 1. The van der Waals surface area contributed by atoms with E-state index in [0.29, 0.717) is 29.0 Å². The van der Waals surface area contributed by atoms with E-state index in [4.69, 9.17) is 18.9 Å². The summed E-state index contributed by atoms with van der Waals surface area (Å²) in [5.41, 5.74) is 0.280. The number of carbonyl (C=O) groups is 4. The molecule has 3 aliphatic heterocycles. The van der Waals surface area contributed by atoms with Crippen molar-refractivity contribution in [1.82, 2.24) is 10.2 Å². The molecule has 3 aliphatic rings. The van der Waals surface area contributed by atoms with Crippen LogP contribution >= 0.6 is 15.9 Å². The number of allylic oxidation sites excluding steroid dienone is 1. The van der Waals surface area contributed by atoms with Gasteiger partial charge in [0.25, 0.3) is 5.91 Å². The summed E-state index contributed by atoms with van der Waals surface area (Å²) in [7, 11) is 3.04. The maximum atomic E-state index is 15.2. The fourth-order valence-electron chi connectivity index (χ4n) is 8.47. The van der Waals surface area contributed by atoms with Crippen LogP contribution in [0.25, 0.3) is 0 Å². The summed E-state index contributed by atoms with van der Waals surface area (Å²) < 4.78 is 24.0. The lowest BCUT2D eigenvalue weighted by molar-refractivity contribution is -0.163. The molecule has 3 saturated heterocycles. The van der Waals surface area contributed by atoms with Crippen molar-refractivity contribution >= 4 is 45.3 Å². The minimum absolute atomic E-state index is 0.0226. The SMILES string of the molecule is C=CCCC(=O)N[C@@H](COC)[C@@H](OC(=O)[C@@H]1[C@H]2O[C@@]3(CC2Br)[C@H](C(=O)N(CC=C)c2ccc(OC)cc2)N([C@H](CO)c2ccccc2)C(=O)[C@@H]13)c1ccccc1. The molecule has 1 unspecified atom stereocenters. The average Bonchev–Trinajstić information content (AvgIpc) is 3.82. The molecule has 9 atom stereocenters. The van der Waals surface area contributed by atoms with Crippen LogP contribution in [0.4, 0.5) is 5.69 Å². The number of anilines is 1. The molecule has 3 amide bonds. The van der Waals surface area contributed by atoms with Gasteiger partial charge in [-0.2, -0.15) is 0 Å². The lowest BCUT2D eigenvalue weighted by atomic mass is 9.70. The van der Waals surface area contributed by atoms with Crippen molar-refractivity contribution in [2.24, 2.45) is 11.8 Å². The van der Waals surface area contributed by atoms with E-state index < -0.39 is 77.0 Å². The lowest BCUT2D eigenvalue weighted by Crippen LogP contribution is -2.57. The van der Waals surface area contributed by atoms with Crippen molar-refractivity contribution in [3.05, 3.63) is 121 Å². The van der Waals surface area contributed by atoms with Gasteiger partial charge in [0.1, 0.15) is 23.5 Å². The molecule has 0 aliphatic carbocycles. The van der Waals surface area contributed by atoms with Crippen LogP contribution in [0.15, 0.2) is 110 Å². The summed E-state index contributed by atoms with van der Waals surface area (Å²) in [6.45, 7) is 7.22. The Hall–Kier alpha value is -4.82. The molecule has 56 heavy (non-hydrogen) atoms. The first kappa shape index (κ1) is 40.8. The van der Waals surface area contributed by atoms with E-state index in [1.807, 2.05) is 12.1 Å². The highest BCUT2D eigenvalue weighted by molar-refractivity contribution is 9.09. The molecule has 2 bridgehead atoms. The number of nitrogens with one attached hydrogen (secondary N) is 1. The fourth-order valence-corrected chi connectivity index (χ4v) is 9.41. The summed E-state index contributed by atoms with van der Waals surface area (Å²) in [5.74, 6) is -3.64. The second-order valence-corrected chi connectivity index (χ2v) is 15.4. The molecule has 13 heteroatoms. The van der Waals surface area contributed by atoms with Crippen LogP contribution in [0.2, 0.25) is 0 Å². The second kappa shape index (κ2) is 18.0. The van der Waals surface area contributed by atoms with E-state index in [1.54, 1.807) is 92.1 Å². The zero-order valence-electron chi connectivity index (χ0n) is 31.5. The molecule has 0 saturated carbocycles. The lowest BCUT2D eigenvalue weighted by Gasteiger charge is -2.39. The van der Waals surface area contributed by atoms with Crippen molar-refractivity contribution in [3.63, 3.8) is 0 Å². The van der Waals surface area contributed by atoms with E-state index in [-0.39, 0.29) is 31.9 Å². The summed E-state index contributed by atoms with van der Waals surface area (Å²) in [6.07, 6.45) is 2.28. The number of benzene rings is 3. The summed E-state index contributed by atoms with van der Waals surface area (Å²) in [5, 5.41) is 13.9. The molecule has 1 spiro atoms. The molecule has 0 radical (unpaired) electrons. The maximum absolute atomic E-state index is 15.2. The fraction of sp³-hybridized carbons (Fsp3) is 0.395. The van der Waals surface area contributed by atoms with E-state index in [2.05, 4.69) is 34.4 Å². The zero-order valence-corrected chi connectivity index (χ0v) is 33.1. The first-order valence-electron chi connectivity index (χ1n) is 18.6. The molecule has 3 aromatic carbocycles. The molecule has 3 aromatic rings. The number of alkyl halides is 1. The minimum Gasteiger partial charge on any atom is -0.497 e. The highest BCUT2D eigenvalue weighted by Crippen LogP contribution is 2.61. The Balaban J connectivity index is 1.42. The van der Waals surface area contributed by atoms with Gasteiger partial charge >= 0.3 is 5.97 Å². The number of rotatable bonds is 18. The topological polar surface area (TPSA) is 144 Å². The second-order valence-electron chi connectivity index (χ2n) is 14.2. The smallest absolute Gasteiger partial charge is 0.313 e. The van der Waals surface area contributed by atoms with Crippen LogP contribution in [-0.2, 0) is 33.4 Å². The van der Waals surface area contributed by atoms with Crippen molar-refractivity contribution in [3.8, 4) is 5.75 Å². The number of aliphatic hydroxyl groups excluding tert-OH is 1. The summed E-state index contributed by atoms with van der Waals surface area (Å²) in [4.78, 5) is 60.6. The van der Waals surface area contributed by atoms with Gasteiger partial charge in [0.2, 0.25) is 11.8 Å². The number of halogens is 1. The van der Waals surface area contributed by atoms with E-state index >= 15 is 9.59 Å². The molecule has 3 fully saturated rings. The van der Waals surface area contributed by atoms with Gasteiger partial charge in [-0.15, -0.1) is 13.2 Å². The number of methoxy groups -OCH3 is 2. The maximum Gasteiger partial charge on any atom is 0.313 e. The predicted molar refractivity (Wildman–Crippen MR) is 213 cm³/mol. The third kappa shape index (κ3) is 7.77. The highest BCUT2D eigenvalue weighted by Gasteiger charge is 2.78. The third-order valence-electron chi connectivity index (χ3n) is 10.9. The molecule has 2 N–H and O–H groups in total. The van der Waals surface area contributed by atoms with Crippen molar-refractivity contribution in [1.29, 1.82) is 0 Å². The Morgan fingerprint density at radius 1 is 1.02 bits per heavy atom. The molecule has 3 heterocycles. The zero-order chi connectivity index (χ0) is 40.0. The molecule has 12 nitrogen and oxygen atoms in total. The Labute approximate surface area is 335 Å². The Bertz CT molecular complexity index is 1880. The first-order valence-corrected chi connectivity index (χ1v) is 19.6. The number of hydrogen-bond acceptors (Lipinski definition) is 9. The first-order chi connectivity index (χ1) is 27.1. The van der Waals surface area contributed by atoms with Crippen LogP contribution in [0, 0.1) is 11.8 Å². The molecular weight excluding hydrogens is 782 g/mol. The van der Waals surface area contributed by atoms with Crippen LogP contribution in [-0.4, -0.2) is 96.3 Å². The van der Waals surface area contributed by atoms with Gasteiger partial charge in [0.05, 0.1) is 50.3 Å². The highest BCUT2D eigenvalue weighted by atomic mass is 79.9. The standard InChI is InChI=1S/C43H48BrN3O9/c1-5-7-18-34(49)45-32(26-53-3)37(28-16-12-9-13-17-28)55-42(52)35-36-40(50)47(33(25-48)27-14-10-8-11-15-27)39(43(36)24-31(44)38(35)56-43)41(51)46(23-6-2)29-19-21-30(54-4)22-20-29/h5-6,8-17,19-22,31-33,35-39,48H,1-2,7,18,23-26H2,3-4H3,(H,45,49)/t31?,32-,33+,35-,36+,37-,38-,39-,43+/m0/s1. The Morgan fingerprint density at radius 3 is 2.27 bits per heavy atom. The van der Waals surface area contributed by atoms with Gasteiger partial charge in [-0.1, -0.05) is 88.7 Å². The van der Waals surface area contributed by atoms with Crippen molar-refractivity contribution < 1.29 is 43.2 Å². The molecular formula is C43H48BrN3O9. The monoisotopic (exact) mass is 829 g/mol. The van der Waals surface area contributed by atoms with Gasteiger partial charge in [-0.05, 0) is 48.2 Å². The largest absolute Gasteiger partial charge is 0.497 e. The predicted octanol–water partition coefficient (Wildman–Crippen LogP) is 5.08.